The Labute approximate surface area is 114 Å². The minimum absolute atomic E-state index is 0.0575. The van der Waals surface area contributed by atoms with E-state index in [2.05, 4.69) is 5.32 Å². The van der Waals surface area contributed by atoms with Crippen LogP contribution < -0.4 is 5.32 Å². The molecule has 1 aromatic carbocycles. The van der Waals surface area contributed by atoms with Crippen LogP contribution in [0.3, 0.4) is 0 Å². The molecule has 0 fully saturated rings. The van der Waals surface area contributed by atoms with Crippen molar-refractivity contribution in [3.05, 3.63) is 35.9 Å². The second-order valence-electron chi connectivity index (χ2n) is 4.96. The molecule has 0 saturated carbocycles. The van der Waals surface area contributed by atoms with Gasteiger partial charge in [-0.2, -0.15) is 0 Å². The van der Waals surface area contributed by atoms with Crippen LogP contribution >= 0.6 is 0 Å². The maximum Gasteiger partial charge on any atom is 0.407 e. The first-order valence-electron chi connectivity index (χ1n) is 6.45. The average molecular weight is 263 g/mol. The molecule has 1 rings (SSSR count). The van der Waals surface area contributed by atoms with Crippen molar-refractivity contribution in [2.45, 2.75) is 39.8 Å². The van der Waals surface area contributed by atoms with E-state index in [9.17, 15) is 9.59 Å². The van der Waals surface area contributed by atoms with Gasteiger partial charge in [0.25, 0.3) is 0 Å². The molecule has 1 atom stereocenters. The summed E-state index contributed by atoms with van der Waals surface area (Å²) >= 11 is 0. The van der Waals surface area contributed by atoms with Crippen LogP contribution in [0.1, 0.15) is 32.8 Å². The third-order valence-electron chi connectivity index (χ3n) is 2.83. The molecule has 0 radical (unpaired) electrons. The van der Waals surface area contributed by atoms with Crippen molar-refractivity contribution in [3.63, 3.8) is 0 Å². The fourth-order valence-corrected chi connectivity index (χ4v) is 1.68. The van der Waals surface area contributed by atoms with E-state index in [1.54, 1.807) is 0 Å². The average Bonchev–Trinajstić information content (AvgIpc) is 2.36. The summed E-state index contributed by atoms with van der Waals surface area (Å²) in [6.07, 6.45) is -0.151. The molecule has 19 heavy (non-hydrogen) atoms. The Morgan fingerprint density at radius 2 is 1.84 bits per heavy atom. The lowest BCUT2D eigenvalue weighted by Crippen LogP contribution is -2.40. The first kappa shape index (κ1) is 15.2. The number of alkyl carbamates (subject to hydrolysis) is 1. The standard InChI is InChI=1S/C15H21NO3/c1-11(2)14(9-12(3)17)16-15(18)19-10-13-7-5-4-6-8-13/h4-8,11,14H,9-10H2,1-3H3,(H,16,18)/t14-/m1/s1. The SMILES string of the molecule is CC(=O)C[C@@H](NC(=O)OCc1ccccc1)C(C)C. The molecular formula is C15H21NO3. The van der Waals surface area contributed by atoms with Crippen LogP contribution in [0.25, 0.3) is 0 Å². The van der Waals surface area contributed by atoms with Gasteiger partial charge in [0.15, 0.2) is 0 Å². The number of ketones is 1. The van der Waals surface area contributed by atoms with Gasteiger partial charge in [-0.25, -0.2) is 4.79 Å². The molecule has 0 unspecified atom stereocenters. The van der Waals surface area contributed by atoms with Crippen LogP contribution in [-0.2, 0) is 16.1 Å². The molecule has 1 N–H and O–H groups in total. The number of carbonyl (C=O) groups is 2. The van der Waals surface area contributed by atoms with Gasteiger partial charge < -0.3 is 10.1 Å². The molecule has 1 amide bonds. The molecular weight excluding hydrogens is 242 g/mol. The van der Waals surface area contributed by atoms with Gasteiger partial charge in [-0.3, -0.25) is 4.79 Å². The summed E-state index contributed by atoms with van der Waals surface area (Å²) in [7, 11) is 0. The summed E-state index contributed by atoms with van der Waals surface area (Å²) in [6.45, 7) is 5.68. The Hall–Kier alpha value is -1.84. The van der Waals surface area contributed by atoms with E-state index in [0.717, 1.165) is 5.56 Å². The third-order valence-corrected chi connectivity index (χ3v) is 2.83. The Kier molecular flexibility index (Phi) is 6.06. The van der Waals surface area contributed by atoms with Crippen molar-refractivity contribution in [2.75, 3.05) is 0 Å². The zero-order chi connectivity index (χ0) is 14.3. The van der Waals surface area contributed by atoms with Crippen molar-refractivity contribution in [1.82, 2.24) is 5.32 Å². The maximum atomic E-state index is 11.7. The lowest BCUT2D eigenvalue weighted by molar-refractivity contribution is -0.117. The zero-order valence-electron chi connectivity index (χ0n) is 11.7. The van der Waals surface area contributed by atoms with E-state index >= 15 is 0 Å². The van der Waals surface area contributed by atoms with Crippen molar-refractivity contribution >= 4 is 11.9 Å². The summed E-state index contributed by atoms with van der Waals surface area (Å²) in [4.78, 5) is 22.8. The van der Waals surface area contributed by atoms with E-state index in [1.807, 2.05) is 44.2 Å². The number of carbonyl (C=O) groups excluding carboxylic acids is 2. The fraction of sp³-hybridized carbons (Fsp3) is 0.467. The molecule has 0 spiro atoms. The van der Waals surface area contributed by atoms with E-state index < -0.39 is 6.09 Å². The van der Waals surface area contributed by atoms with Gasteiger partial charge in [-0.15, -0.1) is 0 Å². The molecule has 0 heterocycles. The van der Waals surface area contributed by atoms with Crippen LogP contribution in [-0.4, -0.2) is 17.9 Å². The summed E-state index contributed by atoms with van der Waals surface area (Å²) < 4.78 is 5.13. The quantitative estimate of drug-likeness (QED) is 0.858. The number of hydrogen-bond acceptors (Lipinski definition) is 3. The van der Waals surface area contributed by atoms with Crippen molar-refractivity contribution < 1.29 is 14.3 Å². The van der Waals surface area contributed by atoms with Crippen molar-refractivity contribution in [3.8, 4) is 0 Å². The number of Topliss-reactive ketones (excluding diaryl/α,β-unsaturated/α-hetero) is 1. The number of nitrogens with one attached hydrogen (secondary N) is 1. The van der Waals surface area contributed by atoms with Gasteiger partial charge in [0.2, 0.25) is 0 Å². The second kappa shape index (κ2) is 7.56. The number of hydrogen-bond donors (Lipinski definition) is 1. The molecule has 0 aliphatic rings. The monoisotopic (exact) mass is 263 g/mol. The van der Waals surface area contributed by atoms with E-state index in [4.69, 9.17) is 4.74 Å². The lowest BCUT2D eigenvalue weighted by Gasteiger charge is -2.20. The number of benzene rings is 1. The highest BCUT2D eigenvalue weighted by Gasteiger charge is 2.18. The smallest absolute Gasteiger partial charge is 0.407 e. The minimum atomic E-state index is -0.483. The van der Waals surface area contributed by atoms with Gasteiger partial charge >= 0.3 is 6.09 Å². The summed E-state index contributed by atoms with van der Waals surface area (Å²) in [5, 5.41) is 2.74. The topological polar surface area (TPSA) is 55.4 Å². The molecule has 4 nitrogen and oxygen atoms in total. The minimum Gasteiger partial charge on any atom is -0.445 e. The largest absolute Gasteiger partial charge is 0.445 e. The molecule has 0 bridgehead atoms. The predicted molar refractivity (Wildman–Crippen MR) is 73.7 cm³/mol. The first-order valence-corrected chi connectivity index (χ1v) is 6.45. The molecule has 0 aliphatic carbocycles. The molecule has 0 aromatic heterocycles. The van der Waals surface area contributed by atoms with Crippen molar-refractivity contribution in [1.29, 1.82) is 0 Å². The number of ether oxygens (including phenoxy) is 1. The van der Waals surface area contributed by atoms with Crippen LogP contribution in [0.15, 0.2) is 30.3 Å². The van der Waals surface area contributed by atoms with Crippen LogP contribution in [0, 0.1) is 5.92 Å². The highest BCUT2D eigenvalue weighted by Crippen LogP contribution is 2.08. The second-order valence-corrected chi connectivity index (χ2v) is 4.96. The van der Waals surface area contributed by atoms with E-state index in [0.29, 0.717) is 6.42 Å². The lowest BCUT2D eigenvalue weighted by atomic mass is 9.99. The summed E-state index contributed by atoms with van der Waals surface area (Å²) in [5.41, 5.74) is 0.935. The fourth-order valence-electron chi connectivity index (χ4n) is 1.68. The van der Waals surface area contributed by atoms with Crippen LogP contribution in [0.2, 0.25) is 0 Å². The Balaban J connectivity index is 2.42. The maximum absolute atomic E-state index is 11.7. The zero-order valence-corrected chi connectivity index (χ0v) is 11.7. The molecule has 0 aliphatic heterocycles. The Morgan fingerprint density at radius 1 is 1.21 bits per heavy atom. The first-order chi connectivity index (χ1) is 8.99. The van der Waals surface area contributed by atoms with Gasteiger partial charge in [0.1, 0.15) is 12.4 Å². The van der Waals surface area contributed by atoms with E-state index in [-0.39, 0.29) is 24.3 Å². The van der Waals surface area contributed by atoms with Crippen LogP contribution in [0.5, 0.6) is 0 Å². The number of amides is 1. The van der Waals surface area contributed by atoms with Crippen molar-refractivity contribution in [2.24, 2.45) is 5.92 Å². The molecule has 0 saturated heterocycles. The molecule has 4 heteroatoms. The summed E-state index contributed by atoms with van der Waals surface area (Å²) in [5.74, 6) is 0.246. The van der Waals surface area contributed by atoms with Gasteiger partial charge in [0, 0.05) is 12.5 Å². The number of rotatable bonds is 6. The Morgan fingerprint density at radius 3 is 2.37 bits per heavy atom. The van der Waals surface area contributed by atoms with Gasteiger partial charge in [-0.05, 0) is 18.4 Å². The van der Waals surface area contributed by atoms with E-state index in [1.165, 1.54) is 6.92 Å². The normalized spacial score (nSPS) is 12.0. The third kappa shape index (κ3) is 6.04. The predicted octanol–water partition coefficient (Wildman–Crippen LogP) is 2.92. The Bertz CT molecular complexity index is 415. The highest BCUT2D eigenvalue weighted by molar-refractivity contribution is 5.77. The van der Waals surface area contributed by atoms with Gasteiger partial charge in [-0.1, -0.05) is 44.2 Å². The van der Waals surface area contributed by atoms with Gasteiger partial charge in [0.05, 0.1) is 0 Å². The van der Waals surface area contributed by atoms with Crippen LogP contribution in [0.4, 0.5) is 4.79 Å². The molecule has 104 valence electrons. The summed E-state index contributed by atoms with van der Waals surface area (Å²) in [6, 6.07) is 9.30. The highest BCUT2D eigenvalue weighted by atomic mass is 16.5. The molecule has 1 aromatic rings.